The molecular formula is C19H17N5O2S. The van der Waals surface area contributed by atoms with E-state index in [1.165, 1.54) is 11.3 Å². The van der Waals surface area contributed by atoms with Crippen molar-refractivity contribution < 1.29 is 9.53 Å². The molecule has 7 nitrogen and oxygen atoms in total. The molecule has 0 fully saturated rings. The fourth-order valence-corrected chi connectivity index (χ4v) is 3.85. The normalized spacial score (nSPS) is 11.0. The maximum Gasteiger partial charge on any atom is 0.350 e. The predicted molar refractivity (Wildman–Crippen MR) is 105 cm³/mol. The molecule has 2 N–H and O–H groups in total. The number of fused-ring (bicyclic) bond motifs is 1. The van der Waals surface area contributed by atoms with Gasteiger partial charge in [-0.3, -0.25) is 0 Å². The van der Waals surface area contributed by atoms with Gasteiger partial charge in [-0.2, -0.15) is 0 Å². The lowest BCUT2D eigenvalue weighted by Crippen LogP contribution is -2.04. The Balaban J connectivity index is 1.77. The van der Waals surface area contributed by atoms with Crippen LogP contribution in [-0.4, -0.2) is 32.6 Å². The summed E-state index contributed by atoms with van der Waals surface area (Å²) in [6.07, 6.45) is 0. The lowest BCUT2D eigenvalue weighted by atomic mass is 10.2. The molecule has 0 aliphatic rings. The van der Waals surface area contributed by atoms with Crippen molar-refractivity contribution in [2.45, 2.75) is 13.8 Å². The average Bonchev–Trinajstić information content (AvgIpc) is 3.23. The zero-order valence-electron chi connectivity index (χ0n) is 14.8. The second-order valence-electron chi connectivity index (χ2n) is 5.89. The highest BCUT2D eigenvalue weighted by molar-refractivity contribution is 7.21. The Morgan fingerprint density at radius 1 is 1.22 bits per heavy atom. The number of esters is 1. The standard InChI is InChI=1S/C19H17N5O2S/c1-3-26-19(25)17-15(20)13-9-10-14(21-18(13)27-17)16-11(2)24(23-22-16)12-7-5-4-6-8-12/h4-10H,3,20H2,1-2H3. The fraction of sp³-hybridized carbons (Fsp3) is 0.158. The van der Waals surface area contributed by atoms with Crippen molar-refractivity contribution in [2.24, 2.45) is 0 Å². The highest BCUT2D eigenvalue weighted by Gasteiger charge is 2.20. The van der Waals surface area contributed by atoms with Crippen LogP contribution in [0.15, 0.2) is 42.5 Å². The number of thiophene rings is 1. The molecule has 0 saturated heterocycles. The van der Waals surface area contributed by atoms with E-state index in [9.17, 15) is 4.79 Å². The summed E-state index contributed by atoms with van der Waals surface area (Å²) >= 11 is 1.22. The number of hydrogen-bond acceptors (Lipinski definition) is 7. The van der Waals surface area contributed by atoms with Gasteiger partial charge in [0.05, 0.1) is 29.4 Å². The van der Waals surface area contributed by atoms with Crippen LogP contribution in [0.25, 0.3) is 27.3 Å². The van der Waals surface area contributed by atoms with E-state index in [4.69, 9.17) is 10.5 Å². The van der Waals surface area contributed by atoms with Gasteiger partial charge in [-0.05, 0) is 38.1 Å². The van der Waals surface area contributed by atoms with E-state index in [-0.39, 0.29) is 0 Å². The van der Waals surface area contributed by atoms with Crippen molar-refractivity contribution in [1.29, 1.82) is 0 Å². The second kappa shape index (κ2) is 6.81. The van der Waals surface area contributed by atoms with E-state index < -0.39 is 5.97 Å². The molecule has 0 spiro atoms. The van der Waals surface area contributed by atoms with Gasteiger partial charge in [0.2, 0.25) is 0 Å². The number of pyridine rings is 1. The first-order chi connectivity index (χ1) is 13.1. The molecule has 0 aliphatic heterocycles. The largest absolute Gasteiger partial charge is 0.462 e. The molecule has 0 radical (unpaired) electrons. The number of nitrogens with zero attached hydrogens (tertiary/aromatic N) is 4. The van der Waals surface area contributed by atoms with E-state index >= 15 is 0 Å². The maximum absolute atomic E-state index is 12.1. The number of benzene rings is 1. The monoisotopic (exact) mass is 379 g/mol. The minimum Gasteiger partial charge on any atom is -0.462 e. The van der Waals surface area contributed by atoms with Crippen LogP contribution in [0.5, 0.6) is 0 Å². The molecule has 0 bridgehead atoms. The summed E-state index contributed by atoms with van der Waals surface area (Å²) in [5, 5.41) is 9.28. The van der Waals surface area contributed by atoms with E-state index in [2.05, 4.69) is 15.3 Å². The van der Waals surface area contributed by atoms with E-state index in [1.54, 1.807) is 11.6 Å². The molecular weight excluding hydrogens is 362 g/mol. The summed E-state index contributed by atoms with van der Waals surface area (Å²) < 4.78 is 6.83. The van der Waals surface area contributed by atoms with Crippen LogP contribution in [0.1, 0.15) is 22.3 Å². The quantitative estimate of drug-likeness (QED) is 0.544. The van der Waals surface area contributed by atoms with E-state index in [0.29, 0.717) is 33.4 Å². The summed E-state index contributed by atoms with van der Waals surface area (Å²) in [4.78, 5) is 17.8. The van der Waals surface area contributed by atoms with Crippen LogP contribution < -0.4 is 5.73 Å². The Morgan fingerprint density at radius 2 is 2.00 bits per heavy atom. The minimum absolute atomic E-state index is 0.299. The van der Waals surface area contributed by atoms with Crippen LogP contribution in [0, 0.1) is 6.92 Å². The molecule has 4 aromatic rings. The summed E-state index contributed by atoms with van der Waals surface area (Å²) in [5.41, 5.74) is 9.68. The average molecular weight is 379 g/mol. The molecule has 8 heteroatoms. The van der Waals surface area contributed by atoms with E-state index in [0.717, 1.165) is 16.8 Å². The third-order valence-electron chi connectivity index (χ3n) is 4.19. The number of nitrogen functional groups attached to an aromatic ring is 1. The number of hydrogen-bond donors (Lipinski definition) is 1. The second-order valence-corrected chi connectivity index (χ2v) is 6.88. The first kappa shape index (κ1) is 17.2. The number of ether oxygens (including phenoxy) is 1. The third kappa shape index (κ3) is 2.93. The smallest absolute Gasteiger partial charge is 0.350 e. The highest BCUT2D eigenvalue weighted by atomic mass is 32.1. The van der Waals surface area contributed by atoms with Gasteiger partial charge < -0.3 is 10.5 Å². The SMILES string of the molecule is CCOC(=O)c1sc2nc(-c3nnn(-c4ccccc4)c3C)ccc2c1N. The zero-order chi connectivity index (χ0) is 19.0. The van der Waals surface area contributed by atoms with Crippen LogP contribution in [-0.2, 0) is 4.74 Å². The Kier molecular flexibility index (Phi) is 4.33. The summed E-state index contributed by atoms with van der Waals surface area (Å²) in [6.45, 7) is 4.00. The first-order valence-corrected chi connectivity index (χ1v) is 9.26. The van der Waals surface area contributed by atoms with E-state index in [1.807, 2.05) is 49.4 Å². The van der Waals surface area contributed by atoms with Crippen molar-refractivity contribution in [3.8, 4) is 17.1 Å². The van der Waals surface area contributed by atoms with Crippen LogP contribution in [0.4, 0.5) is 5.69 Å². The van der Waals surface area contributed by atoms with Gasteiger partial charge in [0.25, 0.3) is 0 Å². The van der Waals surface area contributed by atoms with Crippen molar-refractivity contribution in [1.82, 2.24) is 20.0 Å². The number of nitrogens with two attached hydrogens (primary N) is 1. The lowest BCUT2D eigenvalue weighted by molar-refractivity contribution is 0.0533. The van der Waals surface area contributed by atoms with Crippen LogP contribution in [0.3, 0.4) is 0 Å². The van der Waals surface area contributed by atoms with Crippen molar-refractivity contribution in [3.63, 3.8) is 0 Å². The van der Waals surface area contributed by atoms with Crippen molar-refractivity contribution in [3.05, 3.63) is 53.0 Å². The minimum atomic E-state index is -0.425. The number of para-hydroxylation sites is 1. The molecule has 0 saturated carbocycles. The fourth-order valence-electron chi connectivity index (χ4n) is 2.86. The number of carbonyl (C=O) groups excluding carboxylic acids is 1. The van der Waals surface area contributed by atoms with Gasteiger partial charge in [-0.25, -0.2) is 14.5 Å². The molecule has 27 heavy (non-hydrogen) atoms. The topological polar surface area (TPSA) is 95.9 Å². The first-order valence-electron chi connectivity index (χ1n) is 8.44. The molecule has 0 aliphatic carbocycles. The number of carbonyl (C=O) groups is 1. The Labute approximate surface area is 159 Å². The Bertz CT molecular complexity index is 1130. The third-order valence-corrected chi connectivity index (χ3v) is 5.29. The van der Waals surface area contributed by atoms with Crippen LogP contribution in [0.2, 0.25) is 0 Å². The molecule has 0 amide bonds. The molecule has 0 atom stereocenters. The van der Waals surface area contributed by atoms with Crippen LogP contribution >= 0.6 is 11.3 Å². The van der Waals surface area contributed by atoms with Crippen molar-refractivity contribution >= 4 is 33.2 Å². The summed E-state index contributed by atoms with van der Waals surface area (Å²) in [6, 6.07) is 13.5. The Morgan fingerprint density at radius 3 is 2.74 bits per heavy atom. The predicted octanol–water partition coefficient (Wildman–Crippen LogP) is 3.61. The maximum atomic E-state index is 12.1. The van der Waals surface area contributed by atoms with Gasteiger partial charge in [-0.1, -0.05) is 23.4 Å². The summed E-state index contributed by atoms with van der Waals surface area (Å²) in [7, 11) is 0. The Hall–Kier alpha value is -3.26. The lowest BCUT2D eigenvalue weighted by Gasteiger charge is -2.03. The molecule has 4 rings (SSSR count). The number of anilines is 1. The van der Waals surface area contributed by atoms with Gasteiger partial charge in [0.1, 0.15) is 15.4 Å². The number of rotatable bonds is 4. The van der Waals surface area contributed by atoms with Gasteiger partial charge in [0.15, 0.2) is 0 Å². The molecule has 136 valence electrons. The molecule has 0 unspecified atom stereocenters. The molecule has 1 aromatic carbocycles. The molecule has 3 heterocycles. The zero-order valence-corrected chi connectivity index (χ0v) is 15.7. The number of aromatic nitrogens is 4. The van der Waals surface area contributed by atoms with Gasteiger partial charge in [0, 0.05) is 5.39 Å². The van der Waals surface area contributed by atoms with Gasteiger partial charge >= 0.3 is 5.97 Å². The van der Waals surface area contributed by atoms with Gasteiger partial charge in [-0.15, -0.1) is 16.4 Å². The highest BCUT2D eigenvalue weighted by Crippen LogP contribution is 2.34. The van der Waals surface area contributed by atoms with Crippen molar-refractivity contribution in [2.75, 3.05) is 12.3 Å². The molecule has 3 aromatic heterocycles. The summed E-state index contributed by atoms with van der Waals surface area (Å²) in [5.74, 6) is -0.425.